The molecule has 0 unspecified atom stereocenters. The lowest BCUT2D eigenvalue weighted by molar-refractivity contribution is -0.127. The fraction of sp³-hybridized carbons (Fsp3) is 0.292. The van der Waals surface area contributed by atoms with Gasteiger partial charge in [-0.3, -0.25) is 14.2 Å². The van der Waals surface area contributed by atoms with Gasteiger partial charge in [-0.05, 0) is 54.8 Å². The number of para-hydroxylation sites is 1. The molecule has 3 aromatic heterocycles. The van der Waals surface area contributed by atoms with Crippen molar-refractivity contribution in [1.82, 2.24) is 14.5 Å². The summed E-state index contributed by atoms with van der Waals surface area (Å²) in [5.41, 5.74) is 0.966. The van der Waals surface area contributed by atoms with Gasteiger partial charge in [-0.1, -0.05) is 30.0 Å². The van der Waals surface area contributed by atoms with Gasteiger partial charge in [-0.15, -0.1) is 22.7 Å². The average Bonchev–Trinajstić information content (AvgIpc) is 3.45. The van der Waals surface area contributed by atoms with Gasteiger partial charge >= 0.3 is 0 Å². The number of aryl methyl sites for hydroxylation is 2. The molecule has 0 saturated heterocycles. The van der Waals surface area contributed by atoms with Crippen LogP contribution in [-0.4, -0.2) is 33.2 Å². The number of aromatic nitrogens is 2. The number of nitrogens with zero attached hydrogens (tertiary/aromatic N) is 3. The van der Waals surface area contributed by atoms with Crippen molar-refractivity contribution in [2.24, 2.45) is 0 Å². The number of carbonyl (C=O) groups is 1. The van der Waals surface area contributed by atoms with Gasteiger partial charge in [0.2, 0.25) is 5.91 Å². The van der Waals surface area contributed by atoms with E-state index in [1.165, 1.54) is 27.3 Å². The van der Waals surface area contributed by atoms with Gasteiger partial charge in [0.1, 0.15) is 10.6 Å². The lowest BCUT2D eigenvalue weighted by atomic mass is 9.97. The number of benzene rings is 1. The number of halogens is 1. The molecule has 5 rings (SSSR count). The minimum atomic E-state index is -0.493. The second kappa shape index (κ2) is 9.40. The minimum Gasteiger partial charge on any atom is -0.340 e. The third kappa shape index (κ3) is 4.37. The van der Waals surface area contributed by atoms with Crippen molar-refractivity contribution < 1.29 is 9.18 Å². The fourth-order valence-corrected chi connectivity index (χ4v) is 7.10. The first-order valence-corrected chi connectivity index (χ1v) is 13.4. The zero-order chi connectivity index (χ0) is 22.9. The Labute approximate surface area is 202 Å². The molecule has 0 N–H and O–H groups in total. The van der Waals surface area contributed by atoms with Crippen LogP contribution in [0.15, 0.2) is 51.7 Å². The van der Waals surface area contributed by atoms with Crippen LogP contribution in [0.25, 0.3) is 15.9 Å². The first kappa shape index (κ1) is 22.3. The van der Waals surface area contributed by atoms with Gasteiger partial charge in [-0.2, -0.15) is 0 Å². The van der Waals surface area contributed by atoms with E-state index in [2.05, 4.69) is 0 Å². The van der Waals surface area contributed by atoms with Gasteiger partial charge in [-0.25, -0.2) is 9.37 Å². The highest BCUT2D eigenvalue weighted by Crippen LogP contribution is 2.35. The molecular formula is C24H22FN3O2S3. The summed E-state index contributed by atoms with van der Waals surface area (Å²) in [5.74, 6) is -0.458. The first-order chi connectivity index (χ1) is 16.0. The van der Waals surface area contributed by atoms with Crippen LogP contribution >= 0.6 is 34.4 Å². The maximum atomic E-state index is 14.8. The summed E-state index contributed by atoms with van der Waals surface area (Å²) in [6.07, 6.45) is 3.94. The Hall–Kier alpha value is -2.49. The van der Waals surface area contributed by atoms with Crippen molar-refractivity contribution in [3.05, 3.63) is 73.3 Å². The second-order valence-electron chi connectivity index (χ2n) is 8.00. The Morgan fingerprint density at radius 3 is 2.82 bits per heavy atom. The highest BCUT2D eigenvalue weighted by molar-refractivity contribution is 7.99. The predicted molar refractivity (Wildman–Crippen MR) is 133 cm³/mol. The molecule has 1 aliphatic rings. The molecule has 1 amide bonds. The maximum Gasteiger partial charge on any atom is 0.267 e. The van der Waals surface area contributed by atoms with E-state index in [1.807, 2.05) is 17.5 Å². The number of fused-ring (bicyclic) bond motifs is 3. The van der Waals surface area contributed by atoms with Crippen molar-refractivity contribution >= 4 is 50.6 Å². The van der Waals surface area contributed by atoms with E-state index in [0.717, 1.165) is 36.1 Å². The molecule has 3 heterocycles. The quantitative estimate of drug-likeness (QED) is 0.268. The van der Waals surface area contributed by atoms with Gasteiger partial charge in [0.05, 0.1) is 23.4 Å². The first-order valence-electron chi connectivity index (χ1n) is 10.7. The third-order valence-corrected chi connectivity index (χ3v) is 8.75. The number of thioether (sulfide) groups is 1. The van der Waals surface area contributed by atoms with Crippen LogP contribution in [0.4, 0.5) is 4.39 Å². The topological polar surface area (TPSA) is 55.2 Å². The Morgan fingerprint density at radius 1 is 1.21 bits per heavy atom. The molecule has 0 radical (unpaired) electrons. The summed E-state index contributed by atoms with van der Waals surface area (Å²) in [5, 5.41) is 2.92. The summed E-state index contributed by atoms with van der Waals surface area (Å²) >= 11 is 4.33. The zero-order valence-electron chi connectivity index (χ0n) is 18.0. The van der Waals surface area contributed by atoms with Crippen molar-refractivity contribution in [3.63, 3.8) is 0 Å². The van der Waals surface area contributed by atoms with Gasteiger partial charge < -0.3 is 4.90 Å². The lowest BCUT2D eigenvalue weighted by Crippen LogP contribution is -2.28. The maximum absolute atomic E-state index is 14.8. The van der Waals surface area contributed by atoms with E-state index in [0.29, 0.717) is 21.9 Å². The van der Waals surface area contributed by atoms with Crippen molar-refractivity contribution in [3.8, 4) is 5.69 Å². The molecule has 170 valence electrons. The molecule has 9 heteroatoms. The molecular weight excluding hydrogens is 477 g/mol. The molecule has 33 heavy (non-hydrogen) atoms. The molecule has 4 aromatic rings. The smallest absolute Gasteiger partial charge is 0.267 e. The number of amides is 1. The van der Waals surface area contributed by atoms with Crippen LogP contribution < -0.4 is 5.56 Å². The summed E-state index contributed by atoms with van der Waals surface area (Å²) in [6, 6.07) is 10.2. The summed E-state index contributed by atoms with van der Waals surface area (Å²) < 4.78 is 16.1. The molecule has 0 fully saturated rings. The van der Waals surface area contributed by atoms with E-state index < -0.39 is 5.82 Å². The van der Waals surface area contributed by atoms with Crippen LogP contribution in [0.2, 0.25) is 0 Å². The van der Waals surface area contributed by atoms with Crippen LogP contribution in [0.5, 0.6) is 0 Å². The monoisotopic (exact) mass is 499 g/mol. The van der Waals surface area contributed by atoms with Gasteiger partial charge in [0.25, 0.3) is 5.56 Å². The lowest BCUT2D eigenvalue weighted by Gasteiger charge is -2.17. The summed E-state index contributed by atoms with van der Waals surface area (Å²) in [7, 11) is 1.76. The molecule has 0 aliphatic heterocycles. The molecule has 0 spiro atoms. The fourth-order valence-electron chi connectivity index (χ4n) is 4.09. The highest BCUT2D eigenvalue weighted by atomic mass is 32.2. The number of hydrogen-bond acceptors (Lipinski definition) is 6. The zero-order valence-corrected chi connectivity index (χ0v) is 20.5. The number of hydrogen-bond donors (Lipinski definition) is 0. The SMILES string of the molecule is CN(Cc1cccs1)C(=O)CSc1nc2sc3c(c2c(=O)n1-c1ccccc1F)CCCC3. The van der Waals surface area contributed by atoms with E-state index in [-0.39, 0.29) is 22.9 Å². The van der Waals surface area contributed by atoms with E-state index in [9.17, 15) is 14.0 Å². The van der Waals surface area contributed by atoms with E-state index in [4.69, 9.17) is 4.98 Å². The molecule has 5 nitrogen and oxygen atoms in total. The Morgan fingerprint density at radius 2 is 2.03 bits per heavy atom. The molecule has 1 aromatic carbocycles. The number of carbonyl (C=O) groups excluding carboxylic acids is 1. The Bertz CT molecular complexity index is 1380. The average molecular weight is 500 g/mol. The van der Waals surface area contributed by atoms with Crippen LogP contribution in [-0.2, 0) is 24.2 Å². The van der Waals surface area contributed by atoms with Crippen LogP contribution in [0.3, 0.4) is 0 Å². The predicted octanol–water partition coefficient (Wildman–Crippen LogP) is 5.28. The largest absolute Gasteiger partial charge is 0.340 e. The van der Waals surface area contributed by atoms with Crippen molar-refractivity contribution in [2.45, 2.75) is 37.4 Å². The molecule has 0 bridgehead atoms. The third-order valence-electron chi connectivity index (χ3n) is 5.78. The summed E-state index contributed by atoms with van der Waals surface area (Å²) in [4.78, 5) is 35.9. The van der Waals surface area contributed by atoms with Crippen molar-refractivity contribution in [1.29, 1.82) is 0 Å². The molecule has 0 saturated carbocycles. The van der Waals surface area contributed by atoms with Crippen LogP contribution in [0.1, 0.15) is 28.2 Å². The van der Waals surface area contributed by atoms with Crippen LogP contribution in [0, 0.1) is 5.82 Å². The van der Waals surface area contributed by atoms with E-state index >= 15 is 0 Å². The highest BCUT2D eigenvalue weighted by Gasteiger charge is 2.24. The summed E-state index contributed by atoms with van der Waals surface area (Å²) in [6.45, 7) is 0.529. The minimum absolute atomic E-state index is 0.0756. The number of rotatable bonds is 6. The van der Waals surface area contributed by atoms with Crippen molar-refractivity contribution in [2.75, 3.05) is 12.8 Å². The van der Waals surface area contributed by atoms with Gasteiger partial charge in [0.15, 0.2) is 5.16 Å². The normalized spacial score (nSPS) is 13.3. The van der Waals surface area contributed by atoms with E-state index in [1.54, 1.807) is 52.8 Å². The second-order valence-corrected chi connectivity index (χ2v) is 11.1. The Kier molecular flexibility index (Phi) is 6.36. The Balaban J connectivity index is 1.53. The number of thiophene rings is 2. The molecule has 0 atom stereocenters. The standard InChI is InChI=1S/C24H22FN3O2S3/c1-27(13-15-7-6-12-31-15)20(29)14-32-24-26-22-21(16-8-2-5-11-19(16)33-22)23(30)28(24)18-10-4-3-9-17(18)25/h3-4,6-7,9-10,12H,2,5,8,11,13-14H2,1H3. The van der Waals surface area contributed by atoms with Gasteiger partial charge in [0, 0.05) is 16.8 Å². The molecule has 1 aliphatic carbocycles.